The second-order valence-corrected chi connectivity index (χ2v) is 8.42. The van der Waals surface area contributed by atoms with E-state index in [1.807, 2.05) is 0 Å². The number of nitrogens with zero attached hydrogens (tertiary/aromatic N) is 2. The van der Waals surface area contributed by atoms with Crippen LogP contribution in [-0.4, -0.2) is 49.6 Å². The molecule has 0 N–H and O–H groups in total. The van der Waals surface area contributed by atoms with Crippen LogP contribution in [0.2, 0.25) is 0 Å². The summed E-state index contributed by atoms with van der Waals surface area (Å²) >= 11 is 3.53. The zero-order valence-electron chi connectivity index (χ0n) is 16.9. The summed E-state index contributed by atoms with van der Waals surface area (Å²) in [6, 6.07) is 21.2. The van der Waals surface area contributed by atoms with E-state index < -0.39 is 0 Å². The predicted octanol–water partition coefficient (Wildman–Crippen LogP) is 5.44. The molecule has 0 aliphatic carbocycles. The number of benzene rings is 3. The number of methoxy groups -OCH3 is 1. The minimum Gasteiger partial charge on any atom is -0.496 e. The Balaban J connectivity index is 1.35. The normalized spacial score (nSPS) is 15.9. The molecule has 1 aliphatic heterocycles. The molecular formula is C25H27BrN2O. The molecule has 0 saturated carbocycles. The first-order valence-electron chi connectivity index (χ1n) is 10.1. The van der Waals surface area contributed by atoms with Crippen molar-refractivity contribution in [2.75, 3.05) is 39.8 Å². The lowest BCUT2D eigenvalue weighted by Crippen LogP contribution is -2.45. The zero-order chi connectivity index (χ0) is 20.1. The molecule has 1 heterocycles. The summed E-state index contributed by atoms with van der Waals surface area (Å²) in [6.07, 6.45) is 4.48. The first-order valence-corrected chi connectivity index (χ1v) is 10.9. The molecule has 29 heavy (non-hydrogen) atoms. The highest BCUT2D eigenvalue weighted by molar-refractivity contribution is 9.10. The number of hydrogen-bond acceptors (Lipinski definition) is 3. The van der Waals surface area contributed by atoms with Crippen LogP contribution in [0.5, 0.6) is 5.75 Å². The van der Waals surface area contributed by atoms with E-state index in [-0.39, 0.29) is 0 Å². The molecule has 0 spiro atoms. The van der Waals surface area contributed by atoms with Gasteiger partial charge in [0.05, 0.1) is 7.11 Å². The predicted molar refractivity (Wildman–Crippen MR) is 125 cm³/mol. The number of halogens is 1. The maximum Gasteiger partial charge on any atom is 0.123 e. The molecule has 0 unspecified atom stereocenters. The Morgan fingerprint density at radius 1 is 0.931 bits per heavy atom. The van der Waals surface area contributed by atoms with Crippen molar-refractivity contribution in [1.29, 1.82) is 0 Å². The average molecular weight is 451 g/mol. The van der Waals surface area contributed by atoms with Gasteiger partial charge in [-0.05, 0) is 34.5 Å². The van der Waals surface area contributed by atoms with Gasteiger partial charge in [-0.25, -0.2) is 0 Å². The second kappa shape index (κ2) is 9.57. The third-order valence-corrected chi connectivity index (χ3v) is 6.08. The van der Waals surface area contributed by atoms with Crippen LogP contribution in [0.1, 0.15) is 11.1 Å². The average Bonchev–Trinajstić information content (AvgIpc) is 2.75. The fourth-order valence-corrected chi connectivity index (χ4v) is 4.39. The van der Waals surface area contributed by atoms with Crippen LogP contribution < -0.4 is 4.74 Å². The monoisotopic (exact) mass is 450 g/mol. The van der Waals surface area contributed by atoms with Gasteiger partial charge >= 0.3 is 0 Å². The third kappa shape index (κ3) is 5.08. The Hall–Kier alpha value is -2.14. The Labute approximate surface area is 181 Å². The van der Waals surface area contributed by atoms with Gasteiger partial charge in [0.2, 0.25) is 0 Å². The van der Waals surface area contributed by atoms with Gasteiger partial charge in [0, 0.05) is 49.3 Å². The summed E-state index contributed by atoms with van der Waals surface area (Å²) in [5.41, 5.74) is 2.54. The van der Waals surface area contributed by atoms with Gasteiger partial charge in [-0.2, -0.15) is 0 Å². The highest BCUT2D eigenvalue weighted by Gasteiger charge is 2.18. The van der Waals surface area contributed by atoms with E-state index in [9.17, 15) is 0 Å². The lowest BCUT2D eigenvalue weighted by molar-refractivity contribution is 0.136. The lowest BCUT2D eigenvalue weighted by atomic mass is 10.0. The van der Waals surface area contributed by atoms with Gasteiger partial charge in [0.1, 0.15) is 5.75 Å². The van der Waals surface area contributed by atoms with Crippen LogP contribution in [0.4, 0.5) is 0 Å². The number of piperazine rings is 1. The Kier molecular flexibility index (Phi) is 6.65. The van der Waals surface area contributed by atoms with Crippen molar-refractivity contribution in [3.63, 3.8) is 0 Å². The van der Waals surface area contributed by atoms with E-state index in [4.69, 9.17) is 4.74 Å². The molecular weight excluding hydrogens is 424 g/mol. The van der Waals surface area contributed by atoms with E-state index in [0.717, 1.165) is 49.5 Å². The van der Waals surface area contributed by atoms with Gasteiger partial charge in [0.15, 0.2) is 0 Å². The molecule has 1 aliphatic rings. The molecule has 150 valence electrons. The third-order valence-electron chi connectivity index (χ3n) is 5.59. The second-order valence-electron chi connectivity index (χ2n) is 7.50. The van der Waals surface area contributed by atoms with E-state index in [0.29, 0.717) is 0 Å². The van der Waals surface area contributed by atoms with Crippen LogP contribution in [0.15, 0.2) is 71.2 Å². The summed E-state index contributed by atoms with van der Waals surface area (Å²) < 4.78 is 6.79. The summed E-state index contributed by atoms with van der Waals surface area (Å²) in [6.45, 7) is 6.28. The van der Waals surface area contributed by atoms with Crippen molar-refractivity contribution in [2.45, 2.75) is 6.54 Å². The largest absolute Gasteiger partial charge is 0.496 e. The maximum absolute atomic E-state index is 5.67. The van der Waals surface area contributed by atoms with E-state index in [1.54, 1.807) is 7.11 Å². The molecule has 0 amide bonds. The van der Waals surface area contributed by atoms with Crippen molar-refractivity contribution in [1.82, 2.24) is 9.80 Å². The Morgan fingerprint density at radius 3 is 2.52 bits per heavy atom. The van der Waals surface area contributed by atoms with Crippen LogP contribution >= 0.6 is 15.9 Å². The molecule has 0 aromatic heterocycles. The molecule has 0 bridgehead atoms. The Morgan fingerprint density at radius 2 is 1.72 bits per heavy atom. The van der Waals surface area contributed by atoms with Crippen LogP contribution in [0, 0.1) is 0 Å². The fourth-order valence-electron chi connectivity index (χ4n) is 3.97. The van der Waals surface area contributed by atoms with Gasteiger partial charge in [-0.1, -0.05) is 70.5 Å². The van der Waals surface area contributed by atoms with Crippen molar-refractivity contribution >= 4 is 32.8 Å². The zero-order valence-corrected chi connectivity index (χ0v) is 18.4. The molecule has 4 rings (SSSR count). The van der Waals surface area contributed by atoms with E-state index >= 15 is 0 Å². The van der Waals surface area contributed by atoms with Crippen molar-refractivity contribution in [3.8, 4) is 5.75 Å². The molecule has 0 atom stereocenters. The van der Waals surface area contributed by atoms with Crippen molar-refractivity contribution in [2.24, 2.45) is 0 Å². The van der Waals surface area contributed by atoms with Crippen molar-refractivity contribution < 1.29 is 4.74 Å². The fraction of sp³-hybridized carbons (Fsp3) is 0.280. The van der Waals surface area contributed by atoms with Crippen LogP contribution in [0.3, 0.4) is 0 Å². The smallest absolute Gasteiger partial charge is 0.123 e. The molecule has 1 fully saturated rings. The standard InChI is InChI=1S/C25H27BrN2O/c1-29-25-12-11-21-8-2-3-10-23(21)24(25)19-28-16-14-27(15-17-28)13-5-7-20-6-4-9-22(26)18-20/h2-12,18H,13-17,19H2,1H3. The highest BCUT2D eigenvalue weighted by Crippen LogP contribution is 2.29. The van der Waals surface area contributed by atoms with Gasteiger partial charge in [-0.15, -0.1) is 0 Å². The summed E-state index contributed by atoms with van der Waals surface area (Å²) in [5, 5.41) is 2.57. The minimum absolute atomic E-state index is 0.937. The summed E-state index contributed by atoms with van der Waals surface area (Å²) in [4.78, 5) is 5.06. The first-order chi connectivity index (χ1) is 14.2. The molecule has 4 heteroatoms. The first kappa shape index (κ1) is 20.1. The lowest BCUT2D eigenvalue weighted by Gasteiger charge is -2.34. The highest BCUT2D eigenvalue weighted by atomic mass is 79.9. The number of ether oxygens (including phenoxy) is 1. The Bertz CT molecular complexity index is 993. The van der Waals surface area contributed by atoms with Gasteiger partial charge < -0.3 is 4.74 Å². The topological polar surface area (TPSA) is 15.7 Å². The summed E-state index contributed by atoms with van der Waals surface area (Å²) in [5.74, 6) is 0.989. The number of rotatable bonds is 6. The van der Waals surface area contributed by atoms with Gasteiger partial charge in [-0.3, -0.25) is 9.80 Å². The number of hydrogen-bond donors (Lipinski definition) is 0. The van der Waals surface area contributed by atoms with Crippen LogP contribution in [-0.2, 0) is 6.54 Å². The maximum atomic E-state index is 5.67. The molecule has 0 radical (unpaired) electrons. The van der Waals surface area contributed by atoms with Crippen LogP contribution in [0.25, 0.3) is 16.8 Å². The quantitative estimate of drug-likeness (QED) is 0.496. The number of fused-ring (bicyclic) bond motifs is 1. The molecule has 3 aromatic carbocycles. The molecule has 1 saturated heterocycles. The molecule has 3 aromatic rings. The van der Waals surface area contributed by atoms with Crippen molar-refractivity contribution in [3.05, 3.63) is 82.3 Å². The SMILES string of the molecule is COc1ccc2ccccc2c1CN1CCN(CC=Cc2cccc(Br)c2)CC1. The van der Waals surface area contributed by atoms with Gasteiger partial charge in [0.25, 0.3) is 0 Å². The van der Waals surface area contributed by atoms with E-state index in [1.165, 1.54) is 21.9 Å². The minimum atomic E-state index is 0.937. The summed E-state index contributed by atoms with van der Waals surface area (Å²) in [7, 11) is 1.77. The van der Waals surface area contributed by atoms with E-state index in [2.05, 4.69) is 98.5 Å². The molecule has 3 nitrogen and oxygen atoms in total.